The highest BCUT2D eigenvalue weighted by molar-refractivity contribution is 5.45. The third kappa shape index (κ3) is 3.08. The summed E-state index contributed by atoms with van der Waals surface area (Å²) in [4.78, 5) is 0. The maximum absolute atomic E-state index is 6.16. The van der Waals surface area contributed by atoms with Gasteiger partial charge in [-0.15, -0.1) is 0 Å². The summed E-state index contributed by atoms with van der Waals surface area (Å²) < 4.78 is 17.0. The number of hydrogen-bond acceptors (Lipinski definition) is 4. The third-order valence-corrected chi connectivity index (χ3v) is 5.16. The van der Waals surface area contributed by atoms with Crippen LogP contribution in [0.15, 0.2) is 18.2 Å². The van der Waals surface area contributed by atoms with Crippen molar-refractivity contribution in [1.29, 1.82) is 0 Å². The largest absolute Gasteiger partial charge is 0.493 e. The average molecular weight is 305 g/mol. The van der Waals surface area contributed by atoms with Gasteiger partial charge in [0.15, 0.2) is 11.5 Å². The van der Waals surface area contributed by atoms with Crippen LogP contribution in [-0.4, -0.2) is 33.0 Å². The quantitative estimate of drug-likeness (QED) is 0.908. The number of hydrogen-bond donors (Lipinski definition) is 1. The summed E-state index contributed by atoms with van der Waals surface area (Å²) in [7, 11) is 1.69. The molecule has 1 heterocycles. The second-order valence-electron chi connectivity index (χ2n) is 6.51. The van der Waals surface area contributed by atoms with Crippen molar-refractivity contribution in [3.8, 4) is 11.5 Å². The maximum atomic E-state index is 6.16. The van der Waals surface area contributed by atoms with E-state index in [1.165, 1.54) is 37.7 Å². The first-order chi connectivity index (χ1) is 10.8. The van der Waals surface area contributed by atoms with Gasteiger partial charge >= 0.3 is 0 Å². The van der Waals surface area contributed by atoms with E-state index in [0.717, 1.165) is 24.5 Å². The molecule has 4 heteroatoms. The molecule has 0 spiro atoms. The van der Waals surface area contributed by atoms with Gasteiger partial charge in [-0.25, -0.2) is 0 Å². The molecule has 2 fully saturated rings. The van der Waals surface area contributed by atoms with E-state index in [-0.39, 0.29) is 11.5 Å². The molecule has 3 rings (SSSR count). The number of ether oxygens (including phenoxy) is 3. The molecule has 0 amide bonds. The van der Waals surface area contributed by atoms with Crippen LogP contribution < -0.4 is 15.2 Å². The number of methoxy groups -OCH3 is 1. The Morgan fingerprint density at radius 3 is 2.68 bits per heavy atom. The first-order valence-electron chi connectivity index (χ1n) is 8.40. The monoisotopic (exact) mass is 305 g/mol. The summed E-state index contributed by atoms with van der Waals surface area (Å²) in [5.74, 6) is 1.62. The smallest absolute Gasteiger partial charge is 0.161 e. The third-order valence-electron chi connectivity index (χ3n) is 5.16. The molecule has 1 unspecified atom stereocenters. The van der Waals surface area contributed by atoms with Crippen LogP contribution in [0.2, 0.25) is 0 Å². The predicted molar refractivity (Wildman–Crippen MR) is 86.7 cm³/mol. The summed E-state index contributed by atoms with van der Waals surface area (Å²) in [6.45, 7) is 2.14. The molecule has 0 aromatic heterocycles. The Hall–Kier alpha value is -1.26. The van der Waals surface area contributed by atoms with Crippen molar-refractivity contribution >= 4 is 0 Å². The van der Waals surface area contributed by atoms with Crippen molar-refractivity contribution < 1.29 is 14.2 Å². The zero-order valence-electron chi connectivity index (χ0n) is 13.5. The summed E-state index contributed by atoms with van der Waals surface area (Å²) in [5.41, 5.74) is 7.56. The molecule has 1 atom stereocenters. The fourth-order valence-electron chi connectivity index (χ4n) is 3.72. The molecule has 1 saturated carbocycles. The van der Waals surface area contributed by atoms with Crippen molar-refractivity contribution in [3.63, 3.8) is 0 Å². The van der Waals surface area contributed by atoms with Crippen LogP contribution in [0.5, 0.6) is 11.5 Å². The standard InChI is InChI=1S/C18H27NO3/c1-20-16-6-5-14(18(13-19)8-3-2-4-9-18)11-17(16)22-15-7-10-21-12-15/h5-6,11,15H,2-4,7-10,12-13,19H2,1H3. The predicted octanol–water partition coefficient (Wildman–Crippen LogP) is 3.02. The van der Waals surface area contributed by atoms with E-state index in [9.17, 15) is 0 Å². The lowest BCUT2D eigenvalue weighted by Gasteiger charge is -2.37. The molecule has 4 nitrogen and oxygen atoms in total. The van der Waals surface area contributed by atoms with Gasteiger partial charge in [-0.2, -0.15) is 0 Å². The molecule has 1 aromatic rings. The van der Waals surface area contributed by atoms with Crippen LogP contribution >= 0.6 is 0 Å². The number of rotatable bonds is 5. The molecular weight excluding hydrogens is 278 g/mol. The minimum atomic E-state index is 0.106. The van der Waals surface area contributed by atoms with Crippen LogP contribution in [0.3, 0.4) is 0 Å². The SMILES string of the molecule is COc1ccc(C2(CN)CCCCC2)cc1OC1CCOC1. The van der Waals surface area contributed by atoms with Crippen LogP contribution in [0.1, 0.15) is 44.1 Å². The summed E-state index contributed by atoms with van der Waals surface area (Å²) in [5, 5.41) is 0. The fourth-order valence-corrected chi connectivity index (χ4v) is 3.72. The Bertz CT molecular complexity index is 491. The van der Waals surface area contributed by atoms with Crippen molar-refractivity contribution in [2.24, 2.45) is 5.73 Å². The molecule has 2 N–H and O–H groups in total. The van der Waals surface area contributed by atoms with E-state index in [4.69, 9.17) is 19.9 Å². The van der Waals surface area contributed by atoms with Gasteiger partial charge in [-0.1, -0.05) is 25.3 Å². The minimum absolute atomic E-state index is 0.106. The van der Waals surface area contributed by atoms with E-state index < -0.39 is 0 Å². The summed E-state index contributed by atoms with van der Waals surface area (Å²) in [6, 6.07) is 6.33. The summed E-state index contributed by atoms with van der Waals surface area (Å²) in [6.07, 6.45) is 7.25. The molecule has 1 aliphatic heterocycles. The van der Waals surface area contributed by atoms with Crippen molar-refractivity contribution in [3.05, 3.63) is 23.8 Å². The Morgan fingerprint density at radius 2 is 2.05 bits per heavy atom. The lowest BCUT2D eigenvalue weighted by molar-refractivity contribution is 0.138. The normalized spacial score (nSPS) is 24.2. The van der Waals surface area contributed by atoms with Gasteiger partial charge < -0.3 is 19.9 Å². The van der Waals surface area contributed by atoms with Gasteiger partial charge in [0.25, 0.3) is 0 Å². The molecule has 0 radical (unpaired) electrons. The Balaban J connectivity index is 1.87. The lowest BCUT2D eigenvalue weighted by Crippen LogP contribution is -2.37. The van der Waals surface area contributed by atoms with Crippen molar-refractivity contribution in [2.75, 3.05) is 26.9 Å². The zero-order valence-corrected chi connectivity index (χ0v) is 13.5. The van der Waals surface area contributed by atoms with Crippen LogP contribution in [0.25, 0.3) is 0 Å². The van der Waals surface area contributed by atoms with Crippen LogP contribution in [0.4, 0.5) is 0 Å². The van der Waals surface area contributed by atoms with Crippen LogP contribution in [0, 0.1) is 0 Å². The van der Waals surface area contributed by atoms with Crippen molar-refractivity contribution in [2.45, 2.75) is 50.0 Å². The first kappa shape index (κ1) is 15.6. The molecule has 22 heavy (non-hydrogen) atoms. The van der Waals surface area contributed by atoms with E-state index >= 15 is 0 Å². The van der Waals surface area contributed by atoms with E-state index in [2.05, 4.69) is 12.1 Å². The van der Waals surface area contributed by atoms with Gasteiger partial charge in [0.1, 0.15) is 6.10 Å². The van der Waals surface area contributed by atoms with Gasteiger partial charge in [0.2, 0.25) is 0 Å². The van der Waals surface area contributed by atoms with Crippen LogP contribution in [-0.2, 0) is 10.2 Å². The lowest BCUT2D eigenvalue weighted by atomic mass is 9.69. The van der Waals surface area contributed by atoms with Crippen molar-refractivity contribution in [1.82, 2.24) is 0 Å². The highest BCUT2D eigenvalue weighted by atomic mass is 16.6. The molecule has 1 aliphatic carbocycles. The second kappa shape index (κ2) is 6.88. The van der Waals surface area contributed by atoms with Gasteiger partial charge in [0, 0.05) is 18.4 Å². The average Bonchev–Trinajstić information content (AvgIpc) is 3.08. The van der Waals surface area contributed by atoms with E-state index in [0.29, 0.717) is 13.2 Å². The maximum Gasteiger partial charge on any atom is 0.161 e. The highest BCUT2D eigenvalue weighted by Gasteiger charge is 2.33. The second-order valence-corrected chi connectivity index (χ2v) is 6.51. The van der Waals surface area contributed by atoms with Gasteiger partial charge in [0.05, 0.1) is 20.3 Å². The topological polar surface area (TPSA) is 53.7 Å². The highest BCUT2D eigenvalue weighted by Crippen LogP contribution is 2.42. The van der Waals surface area contributed by atoms with E-state index in [1.54, 1.807) is 7.11 Å². The minimum Gasteiger partial charge on any atom is -0.493 e. The number of nitrogens with two attached hydrogens (primary N) is 1. The molecule has 122 valence electrons. The fraction of sp³-hybridized carbons (Fsp3) is 0.667. The zero-order chi connectivity index (χ0) is 15.4. The van der Waals surface area contributed by atoms with E-state index in [1.807, 2.05) is 6.07 Å². The number of benzene rings is 1. The Labute approximate surface area is 132 Å². The molecule has 1 saturated heterocycles. The Kier molecular flexibility index (Phi) is 4.89. The van der Waals surface area contributed by atoms with Gasteiger partial charge in [-0.3, -0.25) is 0 Å². The Morgan fingerprint density at radius 1 is 1.23 bits per heavy atom. The molecule has 2 aliphatic rings. The van der Waals surface area contributed by atoms with Gasteiger partial charge in [-0.05, 0) is 30.5 Å². The molecule has 1 aromatic carbocycles. The first-order valence-corrected chi connectivity index (χ1v) is 8.40. The molecule has 0 bridgehead atoms. The summed E-state index contributed by atoms with van der Waals surface area (Å²) >= 11 is 0. The molecular formula is C18H27NO3.